The maximum Gasteiger partial charge on any atom is 0.243 e. The molecular weight excluding hydrogens is 500 g/mol. The van der Waals surface area contributed by atoms with E-state index in [-0.39, 0.29) is 11.8 Å². The minimum atomic E-state index is -0.620. The second kappa shape index (κ2) is 12.2. The Kier molecular flexibility index (Phi) is 9.27. The standard InChI is InChI=1S/C30H35BrN2O2/c1-22-10-12-23(13-11-22)16-19-28(34)33(21-25-14-17-26(31)18-15-25)27(29(35)32-30(2,3)4)20-24-8-6-5-7-9-24/h5-15,17-18,27H,16,19-21H2,1-4H3,(H,32,35). The fraction of sp³-hybridized carbons (Fsp3) is 0.333. The van der Waals surface area contributed by atoms with Crippen molar-refractivity contribution in [2.24, 2.45) is 0 Å². The van der Waals surface area contributed by atoms with Gasteiger partial charge in [0, 0.05) is 29.4 Å². The second-order valence-electron chi connectivity index (χ2n) is 10.1. The number of nitrogens with one attached hydrogen (secondary N) is 1. The lowest BCUT2D eigenvalue weighted by Gasteiger charge is -2.34. The fourth-order valence-electron chi connectivity index (χ4n) is 3.94. The highest BCUT2D eigenvalue weighted by atomic mass is 79.9. The Morgan fingerprint density at radius 1 is 0.857 bits per heavy atom. The van der Waals surface area contributed by atoms with E-state index in [2.05, 4.69) is 52.4 Å². The molecule has 3 rings (SSSR count). The molecule has 1 unspecified atom stereocenters. The van der Waals surface area contributed by atoms with Crippen LogP contribution in [0.2, 0.25) is 0 Å². The summed E-state index contributed by atoms with van der Waals surface area (Å²) < 4.78 is 0.977. The monoisotopic (exact) mass is 534 g/mol. The van der Waals surface area contributed by atoms with Gasteiger partial charge in [-0.15, -0.1) is 0 Å². The van der Waals surface area contributed by atoms with Gasteiger partial charge in [0.2, 0.25) is 11.8 Å². The minimum Gasteiger partial charge on any atom is -0.350 e. The first-order chi connectivity index (χ1) is 16.6. The third-order valence-electron chi connectivity index (χ3n) is 5.78. The van der Waals surface area contributed by atoms with Crippen LogP contribution in [0.3, 0.4) is 0 Å². The first-order valence-corrected chi connectivity index (χ1v) is 12.9. The summed E-state index contributed by atoms with van der Waals surface area (Å²) in [7, 11) is 0. The van der Waals surface area contributed by atoms with Gasteiger partial charge in [-0.05, 0) is 62.9 Å². The van der Waals surface area contributed by atoms with Crippen LogP contribution in [0.4, 0.5) is 0 Å². The van der Waals surface area contributed by atoms with Crippen LogP contribution in [0.5, 0.6) is 0 Å². The molecule has 0 saturated carbocycles. The van der Waals surface area contributed by atoms with E-state index >= 15 is 0 Å². The summed E-state index contributed by atoms with van der Waals surface area (Å²) in [6.07, 6.45) is 1.43. The lowest BCUT2D eigenvalue weighted by molar-refractivity contribution is -0.141. The third-order valence-corrected chi connectivity index (χ3v) is 6.31. The molecule has 35 heavy (non-hydrogen) atoms. The van der Waals surface area contributed by atoms with Crippen LogP contribution < -0.4 is 5.32 Å². The Hall–Kier alpha value is -2.92. The third kappa shape index (κ3) is 8.66. The molecule has 0 fully saturated rings. The van der Waals surface area contributed by atoms with Crippen molar-refractivity contribution in [1.82, 2.24) is 10.2 Å². The molecule has 0 aliphatic rings. The molecule has 0 aromatic heterocycles. The Morgan fingerprint density at radius 3 is 2.06 bits per heavy atom. The number of nitrogens with zero attached hydrogens (tertiary/aromatic N) is 1. The zero-order chi connectivity index (χ0) is 25.4. The Morgan fingerprint density at radius 2 is 1.46 bits per heavy atom. The van der Waals surface area contributed by atoms with Crippen LogP contribution >= 0.6 is 15.9 Å². The van der Waals surface area contributed by atoms with Crippen LogP contribution in [-0.4, -0.2) is 28.3 Å². The van der Waals surface area contributed by atoms with Crippen molar-refractivity contribution in [3.63, 3.8) is 0 Å². The van der Waals surface area contributed by atoms with Crippen molar-refractivity contribution in [2.45, 2.75) is 65.1 Å². The van der Waals surface area contributed by atoms with Gasteiger partial charge in [0.25, 0.3) is 0 Å². The van der Waals surface area contributed by atoms with Crippen molar-refractivity contribution in [3.05, 3.63) is 106 Å². The number of hydrogen-bond donors (Lipinski definition) is 1. The zero-order valence-electron chi connectivity index (χ0n) is 21.1. The number of benzene rings is 3. The smallest absolute Gasteiger partial charge is 0.243 e. The molecule has 1 atom stereocenters. The van der Waals surface area contributed by atoms with Gasteiger partial charge in [0.05, 0.1) is 0 Å². The second-order valence-corrected chi connectivity index (χ2v) is 11.0. The van der Waals surface area contributed by atoms with E-state index in [0.29, 0.717) is 25.8 Å². The SMILES string of the molecule is Cc1ccc(CCC(=O)N(Cc2ccc(Br)cc2)C(Cc2ccccc2)C(=O)NC(C)(C)C)cc1. The summed E-state index contributed by atoms with van der Waals surface area (Å²) in [5.41, 5.74) is 3.91. The van der Waals surface area contributed by atoms with Crippen molar-refractivity contribution in [2.75, 3.05) is 0 Å². The van der Waals surface area contributed by atoms with Crippen LogP contribution in [0.15, 0.2) is 83.3 Å². The lowest BCUT2D eigenvalue weighted by Crippen LogP contribution is -2.54. The number of carbonyl (C=O) groups is 2. The summed E-state index contributed by atoms with van der Waals surface area (Å²) in [5, 5.41) is 3.11. The van der Waals surface area contributed by atoms with E-state index in [9.17, 15) is 9.59 Å². The first kappa shape index (κ1) is 26.7. The molecule has 0 spiro atoms. The van der Waals surface area contributed by atoms with E-state index in [4.69, 9.17) is 0 Å². The first-order valence-electron chi connectivity index (χ1n) is 12.1. The average molecular weight is 536 g/mol. The van der Waals surface area contributed by atoms with Crippen molar-refractivity contribution < 1.29 is 9.59 Å². The molecule has 0 heterocycles. The van der Waals surface area contributed by atoms with Gasteiger partial charge in [-0.1, -0.05) is 88.2 Å². The topological polar surface area (TPSA) is 49.4 Å². The Bertz CT molecular complexity index is 1100. The highest BCUT2D eigenvalue weighted by Crippen LogP contribution is 2.19. The van der Waals surface area contributed by atoms with Crippen molar-refractivity contribution in [1.29, 1.82) is 0 Å². The van der Waals surface area contributed by atoms with Gasteiger partial charge in [0.15, 0.2) is 0 Å². The molecule has 3 aromatic carbocycles. The summed E-state index contributed by atoms with van der Waals surface area (Å²) in [5.74, 6) is -0.166. The fourth-order valence-corrected chi connectivity index (χ4v) is 4.21. The van der Waals surface area contributed by atoms with Crippen LogP contribution in [0, 0.1) is 6.92 Å². The quantitative estimate of drug-likeness (QED) is 0.353. The number of amides is 2. The van der Waals surface area contributed by atoms with Gasteiger partial charge >= 0.3 is 0 Å². The molecule has 4 nitrogen and oxygen atoms in total. The van der Waals surface area contributed by atoms with Crippen LogP contribution in [0.25, 0.3) is 0 Å². The molecule has 0 bridgehead atoms. The maximum atomic E-state index is 13.7. The normalized spacial score (nSPS) is 12.1. The number of hydrogen-bond acceptors (Lipinski definition) is 2. The summed E-state index contributed by atoms with van der Waals surface area (Å²) >= 11 is 3.48. The van der Waals surface area contributed by atoms with Crippen LogP contribution in [0.1, 0.15) is 49.4 Å². The van der Waals surface area contributed by atoms with E-state index < -0.39 is 11.6 Å². The van der Waals surface area contributed by atoms with Gasteiger partial charge < -0.3 is 10.2 Å². The molecular formula is C30H35BrN2O2. The van der Waals surface area contributed by atoms with Gasteiger partial charge in [0.1, 0.15) is 6.04 Å². The van der Waals surface area contributed by atoms with E-state index in [1.807, 2.05) is 75.4 Å². The summed E-state index contributed by atoms with van der Waals surface area (Å²) in [4.78, 5) is 29.0. The van der Waals surface area contributed by atoms with Gasteiger partial charge in [-0.25, -0.2) is 0 Å². The molecule has 3 aromatic rings. The number of carbonyl (C=O) groups excluding carboxylic acids is 2. The molecule has 0 aliphatic heterocycles. The van der Waals surface area contributed by atoms with E-state index in [1.165, 1.54) is 5.56 Å². The largest absolute Gasteiger partial charge is 0.350 e. The number of rotatable bonds is 9. The predicted molar refractivity (Wildman–Crippen MR) is 146 cm³/mol. The van der Waals surface area contributed by atoms with Crippen molar-refractivity contribution >= 4 is 27.7 Å². The zero-order valence-corrected chi connectivity index (χ0v) is 22.6. The Balaban J connectivity index is 1.91. The molecule has 0 radical (unpaired) electrons. The molecule has 184 valence electrons. The summed E-state index contributed by atoms with van der Waals surface area (Å²) in [6.45, 7) is 8.31. The average Bonchev–Trinajstić information content (AvgIpc) is 2.81. The van der Waals surface area contributed by atoms with Gasteiger partial charge in [-0.2, -0.15) is 0 Å². The van der Waals surface area contributed by atoms with E-state index in [1.54, 1.807) is 4.90 Å². The van der Waals surface area contributed by atoms with Crippen molar-refractivity contribution in [3.8, 4) is 0 Å². The Labute approximate surface area is 217 Å². The summed E-state index contributed by atoms with van der Waals surface area (Å²) in [6, 6.07) is 25.4. The highest BCUT2D eigenvalue weighted by Gasteiger charge is 2.32. The van der Waals surface area contributed by atoms with E-state index in [0.717, 1.165) is 21.2 Å². The number of halogens is 1. The molecule has 5 heteroatoms. The highest BCUT2D eigenvalue weighted by molar-refractivity contribution is 9.10. The molecule has 0 aliphatic carbocycles. The van der Waals surface area contributed by atoms with Gasteiger partial charge in [-0.3, -0.25) is 9.59 Å². The predicted octanol–water partition coefficient (Wildman–Crippen LogP) is 6.24. The van der Waals surface area contributed by atoms with Crippen LogP contribution in [-0.2, 0) is 29.0 Å². The minimum absolute atomic E-state index is 0.0292. The molecule has 0 saturated heterocycles. The molecule has 2 amide bonds. The lowest BCUT2D eigenvalue weighted by atomic mass is 9.99. The maximum absolute atomic E-state index is 13.7. The molecule has 1 N–H and O–H groups in total. The number of aryl methyl sites for hydroxylation is 2.